The zero-order valence-electron chi connectivity index (χ0n) is 14.9. The molecule has 0 aliphatic carbocycles. The number of carbonyl (C=O) groups excluding carboxylic acids is 1. The first-order valence-corrected chi connectivity index (χ1v) is 9.70. The first-order chi connectivity index (χ1) is 14.2. The van der Waals surface area contributed by atoms with Crippen LogP contribution in [-0.2, 0) is 6.18 Å². The molecule has 0 radical (unpaired) electrons. The van der Waals surface area contributed by atoms with Gasteiger partial charge >= 0.3 is 6.18 Å². The van der Waals surface area contributed by atoms with Crippen molar-refractivity contribution in [3.05, 3.63) is 81.5 Å². The van der Waals surface area contributed by atoms with Gasteiger partial charge in [0.1, 0.15) is 0 Å². The summed E-state index contributed by atoms with van der Waals surface area (Å²) in [6.07, 6.45) is -4.71. The Bertz CT molecular complexity index is 1260. The largest absolute Gasteiger partial charge is 0.433 e. The average molecular weight is 496 g/mol. The Morgan fingerprint density at radius 2 is 1.80 bits per heavy atom. The predicted octanol–water partition coefficient (Wildman–Crippen LogP) is 6.08. The molecular formula is C20H11BrClF3N4O. The van der Waals surface area contributed by atoms with E-state index in [1.54, 1.807) is 48.5 Å². The van der Waals surface area contributed by atoms with Gasteiger partial charge in [-0.2, -0.15) is 18.3 Å². The van der Waals surface area contributed by atoms with Gasteiger partial charge in [-0.05, 0) is 40.2 Å². The van der Waals surface area contributed by atoms with Crippen LogP contribution < -0.4 is 5.32 Å². The van der Waals surface area contributed by atoms with E-state index in [-0.39, 0.29) is 21.5 Å². The Hall–Kier alpha value is -2.91. The number of hydrogen-bond donors (Lipinski definition) is 1. The minimum absolute atomic E-state index is 0.0466. The lowest BCUT2D eigenvalue weighted by molar-refractivity contribution is -0.142. The van der Waals surface area contributed by atoms with Crippen molar-refractivity contribution >= 4 is 44.8 Å². The number of hydrogen-bond acceptors (Lipinski definition) is 3. The molecule has 2 heterocycles. The van der Waals surface area contributed by atoms with Gasteiger partial charge in [0.05, 0.1) is 10.2 Å². The molecule has 1 N–H and O–H groups in total. The summed E-state index contributed by atoms with van der Waals surface area (Å²) in [5.41, 5.74) is -0.418. The summed E-state index contributed by atoms with van der Waals surface area (Å²) in [7, 11) is 0. The van der Waals surface area contributed by atoms with Crippen molar-refractivity contribution in [3.63, 3.8) is 0 Å². The monoisotopic (exact) mass is 494 g/mol. The second kappa shape index (κ2) is 7.73. The van der Waals surface area contributed by atoms with Crippen molar-refractivity contribution < 1.29 is 18.0 Å². The zero-order valence-corrected chi connectivity index (χ0v) is 17.3. The molecule has 0 fully saturated rings. The maximum Gasteiger partial charge on any atom is 0.433 e. The van der Waals surface area contributed by atoms with Crippen LogP contribution in [0.3, 0.4) is 0 Å². The highest BCUT2D eigenvalue weighted by Gasteiger charge is 2.36. The standard InChI is InChI=1S/C20H11BrClF3N4O/c21-16-17(19(30)26-13-8-4-7-12(22)9-13)28-29-15(20(23,24)25)10-14(27-18(16)29)11-5-2-1-3-6-11/h1-10H,(H,26,30). The molecular weight excluding hydrogens is 485 g/mol. The average Bonchev–Trinajstić information content (AvgIpc) is 3.04. The van der Waals surface area contributed by atoms with Crippen molar-refractivity contribution in [1.82, 2.24) is 14.6 Å². The predicted molar refractivity (Wildman–Crippen MR) is 111 cm³/mol. The van der Waals surface area contributed by atoms with E-state index in [1.807, 2.05) is 0 Å². The Kier molecular flexibility index (Phi) is 5.25. The van der Waals surface area contributed by atoms with Crippen LogP contribution in [0.2, 0.25) is 5.02 Å². The van der Waals surface area contributed by atoms with Gasteiger partial charge < -0.3 is 5.32 Å². The van der Waals surface area contributed by atoms with Crippen molar-refractivity contribution in [2.24, 2.45) is 0 Å². The Labute approximate surface area is 181 Å². The van der Waals surface area contributed by atoms with Crippen LogP contribution in [0, 0.1) is 0 Å². The lowest BCUT2D eigenvalue weighted by atomic mass is 10.1. The van der Waals surface area contributed by atoms with Crippen molar-refractivity contribution in [2.75, 3.05) is 5.32 Å². The molecule has 0 aliphatic heterocycles. The van der Waals surface area contributed by atoms with E-state index in [0.717, 1.165) is 6.07 Å². The summed E-state index contributed by atoms with van der Waals surface area (Å²) in [6.45, 7) is 0. The molecule has 152 valence electrons. The normalized spacial score (nSPS) is 11.6. The fourth-order valence-corrected chi connectivity index (χ4v) is 3.56. The van der Waals surface area contributed by atoms with Gasteiger partial charge in [-0.3, -0.25) is 4.79 Å². The van der Waals surface area contributed by atoms with Gasteiger partial charge in [-0.25, -0.2) is 9.50 Å². The molecule has 0 bridgehead atoms. The lowest BCUT2D eigenvalue weighted by Gasteiger charge is -2.11. The Morgan fingerprint density at radius 3 is 2.47 bits per heavy atom. The molecule has 4 rings (SSSR count). The maximum atomic E-state index is 13.7. The number of benzene rings is 2. The molecule has 2 aromatic carbocycles. The molecule has 4 aromatic rings. The first-order valence-electron chi connectivity index (χ1n) is 8.53. The minimum Gasteiger partial charge on any atom is -0.321 e. The van der Waals surface area contributed by atoms with E-state index < -0.39 is 17.8 Å². The number of aromatic nitrogens is 3. The second-order valence-corrected chi connectivity index (χ2v) is 7.48. The van der Waals surface area contributed by atoms with E-state index in [0.29, 0.717) is 20.8 Å². The molecule has 0 saturated heterocycles. The van der Waals surface area contributed by atoms with Gasteiger partial charge in [0.25, 0.3) is 5.91 Å². The number of alkyl halides is 3. The summed E-state index contributed by atoms with van der Waals surface area (Å²) in [6, 6.07) is 15.7. The van der Waals surface area contributed by atoms with Gasteiger partial charge in [0.2, 0.25) is 0 Å². The Morgan fingerprint density at radius 1 is 1.07 bits per heavy atom. The fourth-order valence-electron chi connectivity index (χ4n) is 2.85. The van der Waals surface area contributed by atoms with Gasteiger partial charge in [0, 0.05) is 16.3 Å². The van der Waals surface area contributed by atoms with E-state index in [2.05, 4.69) is 31.3 Å². The van der Waals surface area contributed by atoms with Crippen LogP contribution in [-0.4, -0.2) is 20.5 Å². The quantitative estimate of drug-likeness (QED) is 0.375. The molecule has 0 aliphatic rings. The molecule has 5 nitrogen and oxygen atoms in total. The number of anilines is 1. The zero-order chi connectivity index (χ0) is 21.5. The van der Waals surface area contributed by atoms with Gasteiger partial charge in [-0.1, -0.05) is 48.0 Å². The SMILES string of the molecule is O=C(Nc1cccc(Cl)c1)c1nn2c(C(F)(F)F)cc(-c3ccccc3)nc2c1Br. The molecule has 10 heteroatoms. The molecule has 0 saturated carbocycles. The van der Waals surface area contributed by atoms with Crippen molar-refractivity contribution in [3.8, 4) is 11.3 Å². The summed E-state index contributed by atoms with van der Waals surface area (Å²) < 4.78 is 41.8. The smallest absolute Gasteiger partial charge is 0.321 e. The summed E-state index contributed by atoms with van der Waals surface area (Å²) in [4.78, 5) is 17.0. The number of rotatable bonds is 3. The number of fused-ring (bicyclic) bond motifs is 1. The van der Waals surface area contributed by atoms with E-state index in [4.69, 9.17) is 11.6 Å². The molecule has 2 aromatic heterocycles. The van der Waals surface area contributed by atoms with E-state index >= 15 is 0 Å². The number of amides is 1. The summed E-state index contributed by atoms with van der Waals surface area (Å²) in [5.74, 6) is -0.705. The van der Waals surface area contributed by atoms with E-state index in [1.165, 1.54) is 6.07 Å². The highest BCUT2D eigenvalue weighted by molar-refractivity contribution is 9.10. The molecule has 0 unspecified atom stereocenters. The number of carbonyl (C=O) groups is 1. The van der Waals surface area contributed by atoms with Crippen LogP contribution in [0.15, 0.2) is 65.1 Å². The third kappa shape index (κ3) is 3.90. The number of nitrogens with zero attached hydrogens (tertiary/aromatic N) is 3. The Balaban J connectivity index is 1.85. The summed E-state index contributed by atoms with van der Waals surface area (Å²) >= 11 is 9.09. The van der Waals surface area contributed by atoms with Crippen molar-refractivity contribution in [1.29, 1.82) is 0 Å². The molecule has 1 amide bonds. The van der Waals surface area contributed by atoms with Crippen LogP contribution >= 0.6 is 27.5 Å². The van der Waals surface area contributed by atoms with E-state index in [9.17, 15) is 18.0 Å². The van der Waals surface area contributed by atoms with Crippen LogP contribution in [0.4, 0.5) is 18.9 Å². The third-order valence-corrected chi connectivity index (χ3v) is 5.16. The first kappa shape index (κ1) is 20.4. The van der Waals surface area contributed by atoms with Crippen LogP contribution in [0.25, 0.3) is 16.9 Å². The molecule has 30 heavy (non-hydrogen) atoms. The van der Waals surface area contributed by atoms with Crippen molar-refractivity contribution in [2.45, 2.75) is 6.18 Å². The number of nitrogens with one attached hydrogen (secondary N) is 1. The third-order valence-electron chi connectivity index (χ3n) is 4.19. The van der Waals surface area contributed by atoms with Gasteiger partial charge in [0.15, 0.2) is 17.0 Å². The molecule has 0 spiro atoms. The van der Waals surface area contributed by atoms with Crippen LogP contribution in [0.1, 0.15) is 16.2 Å². The maximum absolute atomic E-state index is 13.7. The molecule has 0 atom stereocenters. The van der Waals surface area contributed by atoms with Gasteiger partial charge in [-0.15, -0.1) is 0 Å². The minimum atomic E-state index is -4.71. The fraction of sp³-hybridized carbons (Fsp3) is 0.0500. The second-order valence-electron chi connectivity index (χ2n) is 6.25. The summed E-state index contributed by atoms with van der Waals surface area (Å²) in [5, 5.41) is 6.84. The topological polar surface area (TPSA) is 59.3 Å². The van der Waals surface area contributed by atoms with Crippen LogP contribution in [0.5, 0.6) is 0 Å². The lowest BCUT2D eigenvalue weighted by Crippen LogP contribution is -2.15. The number of halogens is 5. The highest BCUT2D eigenvalue weighted by atomic mass is 79.9. The highest BCUT2D eigenvalue weighted by Crippen LogP contribution is 2.34.